The highest BCUT2D eigenvalue weighted by molar-refractivity contribution is 6.29. The van der Waals surface area contributed by atoms with Gasteiger partial charge in [-0.05, 0) is 25.5 Å². The Morgan fingerprint density at radius 1 is 1.39 bits per heavy atom. The number of carbonyl (C=O) groups excluding carboxylic acids is 2. The summed E-state index contributed by atoms with van der Waals surface area (Å²) in [5, 5.41) is 2.72. The van der Waals surface area contributed by atoms with E-state index in [0.717, 1.165) is 5.69 Å². The van der Waals surface area contributed by atoms with Gasteiger partial charge in [0.1, 0.15) is 11.7 Å². The van der Waals surface area contributed by atoms with Gasteiger partial charge >= 0.3 is 5.97 Å². The summed E-state index contributed by atoms with van der Waals surface area (Å²) in [7, 11) is 0. The van der Waals surface area contributed by atoms with Gasteiger partial charge in [-0.3, -0.25) is 9.59 Å². The molecule has 0 spiro atoms. The molecule has 0 aliphatic rings. The summed E-state index contributed by atoms with van der Waals surface area (Å²) in [6.07, 6.45) is 0.679. The maximum absolute atomic E-state index is 11.8. The predicted molar refractivity (Wildman–Crippen MR) is 67.6 cm³/mol. The number of nitrogens with zero attached hydrogens (tertiary/aromatic N) is 1. The number of amides is 1. The summed E-state index contributed by atoms with van der Waals surface area (Å²) in [5.74, 6) is -0.844. The van der Waals surface area contributed by atoms with Crippen molar-refractivity contribution >= 4 is 23.5 Å². The van der Waals surface area contributed by atoms with Crippen molar-refractivity contribution in [3.8, 4) is 0 Å². The molecule has 0 atom stereocenters. The molecule has 0 aromatic carbocycles. The molecule has 0 saturated heterocycles. The highest BCUT2D eigenvalue weighted by Gasteiger charge is 2.10. The normalized spacial score (nSPS) is 9.94. The average molecular weight is 271 g/mol. The van der Waals surface area contributed by atoms with Crippen LogP contribution in [0.1, 0.15) is 29.9 Å². The third kappa shape index (κ3) is 4.33. The van der Waals surface area contributed by atoms with Gasteiger partial charge in [-0.25, -0.2) is 4.98 Å². The van der Waals surface area contributed by atoms with Crippen molar-refractivity contribution in [2.24, 2.45) is 0 Å². The van der Waals surface area contributed by atoms with Gasteiger partial charge in [0.2, 0.25) is 0 Å². The number of pyridine rings is 1. The van der Waals surface area contributed by atoms with Gasteiger partial charge in [-0.15, -0.1) is 0 Å². The topological polar surface area (TPSA) is 68.3 Å². The van der Waals surface area contributed by atoms with Gasteiger partial charge in [0.05, 0.1) is 6.61 Å². The molecule has 0 aliphatic heterocycles. The van der Waals surface area contributed by atoms with Crippen molar-refractivity contribution in [3.05, 3.63) is 28.5 Å². The second-order valence-electron chi connectivity index (χ2n) is 3.51. The van der Waals surface area contributed by atoms with Crippen LogP contribution >= 0.6 is 11.6 Å². The zero-order chi connectivity index (χ0) is 13.5. The summed E-state index contributed by atoms with van der Waals surface area (Å²) in [6, 6.07) is 3.10. The van der Waals surface area contributed by atoms with Crippen LogP contribution in [0.5, 0.6) is 0 Å². The van der Waals surface area contributed by atoms with Crippen molar-refractivity contribution in [1.82, 2.24) is 10.3 Å². The van der Waals surface area contributed by atoms with Crippen molar-refractivity contribution in [2.45, 2.75) is 20.3 Å². The maximum Gasteiger partial charge on any atom is 0.325 e. The number of aryl methyl sites for hydroxylation is 1. The van der Waals surface area contributed by atoms with E-state index in [2.05, 4.69) is 10.3 Å². The minimum atomic E-state index is -0.471. The number of esters is 1. The fourth-order valence-electron chi connectivity index (χ4n) is 1.33. The summed E-state index contributed by atoms with van der Waals surface area (Å²) < 4.78 is 4.70. The van der Waals surface area contributed by atoms with Crippen LogP contribution in [-0.4, -0.2) is 30.0 Å². The molecule has 1 aromatic rings. The largest absolute Gasteiger partial charge is 0.465 e. The van der Waals surface area contributed by atoms with Crippen LogP contribution in [0, 0.1) is 0 Å². The van der Waals surface area contributed by atoms with E-state index in [4.69, 9.17) is 16.3 Å². The third-order valence-corrected chi connectivity index (χ3v) is 2.36. The number of rotatable bonds is 5. The minimum absolute atomic E-state index is 0.159. The zero-order valence-electron chi connectivity index (χ0n) is 10.3. The molecular formula is C12H15ClN2O3. The van der Waals surface area contributed by atoms with Gasteiger partial charge in [-0.2, -0.15) is 0 Å². The first-order valence-electron chi connectivity index (χ1n) is 5.67. The number of aromatic nitrogens is 1. The number of ether oxygens (including phenoxy) is 1. The Morgan fingerprint density at radius 3 is 2.72 bits per heavy atom. The first kappa shape index (κ1) is 14.4. The molecule has 1 amide bonds. The van der Waals surface area contributed by atoms with E-state index in [9.17, 15) is 9.59 Å². The van der Waals surface area contributed by atoms with Crippen LogP contribution < -0.4 is 5.32 Å². The van der Waals surface area contributed by atoms with Crippen LogP contribution in [0.25, 0.3) is 0 Å². The third-order valence-electron chi connectivity index (χ3n) is 2.17. The molecule has 0 aliphatic carbocycles. The number of nitrogens with one attached hydrogen (secondary N) is 1. The lowest BCUT2D eigenvalue weighted by molar-refractivity contribution is -0.141. The summed E-state index contributed by atoms with van der Waals surface area (Å²) in [5.41, 5.74) is 1.11. The fourth-order valence-corrected chi connectivity index (χ4v) is 1.56. The zero-order valence-corrected chi connectivity index (χ0v) is 11.1. The van der Waals surface area contributed by atoms with Crippen LogP contribution in [-0.2, 0) is 16.0 Å². The van der Waals surface area contributed by atoms with Gasteiger partial charge in [-0.1, -0.05) is 18.5 Å². The molecule has 6 heteroatoms. The lowest BCUT2D eigenvalue weighted by atomic mass is 10.2. The molecule has 0 unspecified atom stereocenters. The number of halogens is 1. The smallest absolute Gasteiger partial charge is 0.325 e. The molecule has 0 fully saturated rings. The molecule has 1 rings (SSSR count). The highest BCUT2D eigenvalue weighted by atomic mass is 35.5. The average Bonchev–Trinajstić information content (AvgIpc) is 2.35. The van der Waals surface area contributed by atoms with E-state index in [-0.39, 0.29) is 24.2 Å². The Labute approximate surface area is 110 Å². The van der Waals surface area contributed by atoms with Gasteiger partial charge in [0, 0.05) is 11.3 Å². The first-order chi connectivity index (χ1) is 8.56. The first-order valence-corrected chi connectivity index (χ1v) is 6.04. The highest BCUT2D eigenvalue weighted by Crippen LogP contribution is 2.11. The molecule has 18 heavy (non-hydrogen) atoms. The van der Waals surface area contributed by atoms with Gasteiger partial charge in [0.25, 0.3) is 5.91 Å². The van der Waals surface area contributed by atoms with E-state index in [0.29, 0.717) is 12.0 Å². The number of hydrogen-bond donors (Lipinski definition) is 1. The van der Waals surface area contributed by atoms with Crippen LogP contribution in [0.15, 0.2) is 12.1 Å². The molecular weight excluding hydrogens is 256 g/mol. The van der Waals surface area contributed by atoms with Crippen molar-refractivity contribution in [1.29, 1.82) is 0 Å². The number of carbonyl (C=O) groups is 2. The van der Waals surface area contributed by atoms with Crippen LogP contribution in [0.3, 0.4) is 0 Å². The predicted octanol–water partition coefficient (Wildman–Crippen LogP) is 1.59. The molecule has 0 saturated carbocycles. The monoisotopic (exact) mass is 270 g/mol. The summed E-state index contributed by atoms with van der Waals surface area (Å²) in [4.78, 5) is 26.9. The lowest BCUT2D eigenvalue weighted by Crippen LogP contribution is -2.30. The van der Waals surface area contributed by atoms with Crippen LogP contribution in [0.4, 0.5) is 0 Å². The second-order valence-corrected chi connectivity index (χ2v) is 3.90. The van der Waals surface area contributed by atoms with E-state index in [1.807, 2.05) is 6.92 Å². The second kappa shape index (κ2) is 6.96. The standard InChI is InChI=1S/C12H15ClN2O3/c1-3-9-5-8(6-10(13)15-9)12(17)14-7-11(16)18-4-2/h5-6H,3-4,7H2,1-2H3,(H,14,17). The Hall–Kier alpha value is -1.62. The van der Waals surface area contributed by atoms with Crippen molar-refractivity contribution in [3.63, 3.8) is 0 Å². The van der Waals surface area contributed by atoms with E-state index >= 15 is 0 Å². The van der Waals surface area contributed by atoms with Gasteiger partial charge < -0.3 is 10.1 Å². The van der Waals surface area contributed by atoms with E-state index in [1.54, 1.807) is 13.0 Å². The molecule has 1 aromatic heterocycles. The van der Waals surface area contributed by atoms with Crippen molar-refractivity contribution in [2.75, 3.05) is 13.2 Å². The lowest BCUT2D eigenvalue weighted by Gasteiger charge is -2.06. The maximum atomic E-state index is 11.8. The molecule has 1 heterocycles. The Kier molecular flexibility index (Phi) is 5.58. The van der Waals surface area contributed by atoms with Crippen molar-refractivity contribution < 1.29 is 14.3 Å². The summed E-state index contributed by atoms with van der Waals surface area (Å²) >= 11 is 5.80. The molecule has 98 valence electrons. The minimum Gasteiger partial charge on any atom is -0.465 e. The number of hydrogen-bond acceptors (Lipinski definition) is 4. The quantitative estimate of drug-likeness (QED) is 0.652. The Morgan fingerprint density at radius 2 is 2.11 bits per heavy atom. The molecule has 1 N–H and O–H groups in total. The van der Waals surface area contributed by atoms with E-state index < -0.39 is 5.97 Å². The Balaban J connectivity index is 2.66. The summed E-state index contributed by atoms with van der Waals surface area (Å²) in [6.45, 7) is 3.75. The molecule has 0 bridgehead atoms. The SMILES string of the molecule is CCOC(=O)CNC(=O)c1cc(Cl)nc(CC)c1. The molecule has 0 radical (unpaired) electrons. The van der Waals surface area contributed by atoms with E-state index in [1.165, 1.54) is 6.07 Å². The fraction of sp³-hybridized carbons (Fsp3) is 0.417. The Bertz CT molecular complexity index is 449. The van der Waals surface area contributed by atoms with Crippen LogP contribution in [0.2, 0.25) is 5.15 Å². The van der Waals surface area contributed by atoms with Gasteiger partial charge in [0.15, 0.2) is 0 Å². The molecule has 5 nitrogen and oxygen atoms in total.